The molecule has 0 atom stereocenters. The average molecular weight is 377 g/mol. The summed E-state index contributed by atoms with van der Waals surface area (Å²) in [4.78, 5) is 35.7. The number of nitriles is 1. The Kier molecular flexibility index (Phi) is 6.38. The van der Waals surface area contributed by atoms with E-state index >= 15 is 0 Å². The number of carbonyl (C=O) groups excluding carboxylic acids is 2. The summed E-state index contributed by atoms with van der Waals surface area (Å²) in [6, 6.07) is 5.18. The minimum atomic E-state index is -0.656. The molecule has 0 saturated carbocycles. The standard InChI is InChI=1S/C16H15N3O4S2/c1-10-5-12(25-9-17)3-4-13(10)18-14(20)7-23-15(21)6-19-11(2)8-24-16(19)22/h3-5,8H,6-7H2,1-2H3,(H,18,20). The maximum absolute atomic E-state index is 11.9. The Bertz CT molecular complexity index is 896. The Hall–Kier alpha value is -2.57. The Labute approximate surface area is 152 Å². The zero-order valence-electron chi connectivity index (χ0n) is 13.6. The van der Waals surface area contributed by atoms with E-state index in [1.54, 1.807) is 37.4 Å². The van der Waals surface area contributed by atoms with Crippen molar-refractivity contribution in [2.45, 2.75) is 25.3 Å². The number of amides is 1. The number of nitrogens with zero attached hydrogens (tertiary/aromatic N) is 2. The minimum absolute atomic E-state index is 0.222. The second-order valence-corrected chi connectivity index (χ2v) is 6.79. The predicted octanol–water partition coefficient (Wildman–Crippen LogP) is 2.28. The van der Waals surface area contributed by atoms with Crippen LogP contribution in [-0.2, 0) is 20.9 Å². The second-order valence-electron chi connectivity index (χ2n) is 5.11. The number of hydrogen-bond donors (Lipinski definition) is 1. The Balaban J connectivity index is 1.87. The minimum Gasteiger partial charge on any atom is -0.454 e. The summed E-state index contributed by atoms with van der Waals surface area (Å²) in [6.07, 6.45) is 0. The molecule has 0 fully saturated rings. The van der Waals surface area contributed by atoms with Gasteiger partial charge >= 0.3 is 10.8 Å². The number of nitrogens with one attached hydrogen (secondary N) is 1. The molecule has 0 aliphatic carbocycles. The van der Waals surface area contributed by atoms with Crippen LogP contribution in [0.2, 0.25) is 0 Å². The van der Waals surface area contributed by atoms with Gasteiger partial charge in [-0.05, 0) is 49.4 Å². The molecule has 0 aliphatic rings. The van der Waals surface area contributed by atoms with Crippen molar-refractivity contribution in [1.82, 2.24) is 4.57 Å². The van der Waals surface area contributed by atoms with Crippen molar-refractivity contribution in [2.75, 3.05) is 11.9 Å². The molecular formula is C16H15N3O4S2. The van der Waals surface area contributed by atoms with Gasteiger partial charge in [0.25, 0.3) is 5.91 Å². The third kappa shape index (κ3) is 5.20. The second kappa shape index (κ2) is 8.50. The fourth-order valence-electron chi connectivity index (χ4n) is 2.00. The van der Waals surface area contributed by atoms with Gasteiger partial charge in [0, 0.05) is 21.7 Å². The molecule has 1 N–H and O–H groups in total. The van der Waals surface area contributed by atoms with Gasteiger partial charge in [-0.25, -0.2) is 0 Å². The van der Waals surface area contributed by atoms with Gasteiger partial charge in [0.2, 0.25) is 0 Å². The van der Waals surface area contributed by atoms with E-state index in [0.29, 0.717) is 11.4 Å². The molecule has 0 radical (unpaired) electrons. The number of thioether (sulfide) groups is 1. The number of anilines is 1. The van der Waals surface area contributed by atoms with Crippen molar-refractivity contribution in [2.24, 2.45) is 0 Å². The molecule has 130 valence electrons. The Morgan fingerprint density at radius 3 is 2.76 bits per heavy atom. The molecule has 1 heterocycles. The first-order chi connectivity index (χ1) is 11.9. The van der Waals surface area contributed by atoms with Crippen LogP contribution < -0.4 is 10.2 Å². The lowest BCUT2D eigenvalue weighted by molar-refractivity contribution is -0.147. The molecule has 1 amide bonds. The molecule has 2 rings (SSSR count). The van der Waals surface area contributed by atoms with E-state index in [0.717, 1.165) is 33.6 Å². The summed E-state index contributed by atoms with van der Waals surface area (Å²) in [6.45, 7) is 2.86. The lowest BCUT2D eigenvalue weighted by Crippen LogP contribution is -2.26. The Morgan fingerprint density at radius 1 is 1.40 bits per heavy atom. The molecule has 7 nitrogen and oxygen atoms in total. The van der Waals surface area contributed by atoms with Crippen molar-refractivity contribution in [3.8, 4) is 5.40 Å². The maximum atomic E-state index is 11.9. The Morgan fingerprint density at radius 2 is 2.16 bits per heavy atom. The van der Waals surface area contributed by atoms with Crippen LogP contribution in [0.5, 0.6) is 0 Å². The smallest absolute Gasteiger partial charge is 0.326 e. The molecule has 9 heteroatoms. The summed E-state index contributed by atoms with van der Waals surface area (Å²) in [7, 11) is 0. The highest BCUT2D eigenvalue weighted by atomic mass is 32.2. The number of rotatable bonds is 6. The SMILES string of the molecule is Cc1cc(SC#N)ccc1NC(=O)COC(=O)Cn1c(C)csc1=O. The van der Waals surface area contributed by atoms with E-state index in [1.165, 1.54) is 4.57 Å². The average Bonchev–Trinajstić information content (AvgIpc) is 2.88. The summed E-state index contributed by atoms with van der Waals surface area (Å²) in [5.74, 6) is -1.14. The first kappa shape index (κ1) is 18.8. The van der Waals surface area contributed by atoms with Crippen molar-refractivity contribution in [3.05, 3.63) is 44.5 Å². The number of carbonyl (C=O) groups is 2. The van der Waals surface area contributed by atoms with E-state index in [4.69, 9.17) is 10.00 Å². The fraction of sp³-hybridized carbons (Fsp3) is 0.250. The van der Waals surface area contributed by atoms with Crippen molar-refractivity contribution in [3.63, 3.8) is 0 Å². The van der Waals surface area contributed by atoms with Crippen LogP contribution in [0.15, 0.2) is 33.3 Å². The molecular weight excluding hydrogens is 362 g/mol. The van der Waals surface area contributed by atoms with E-state index < -0.39 is 18.5 Å². The third-order valence-corrected chi connectivity index (χ3v) is 4.73. The fourth-order valence-corrected chi connectivity index (χ4v) is 3.21. The highest BCUT2D eigenvalue weighted by Crippen LogP contribution is 2.23. The number of hydrogen-bond acceptors (Lipinski definition) is 7. The van der Waals surface area contributed by atoms with Crippen molar-refractivity contribution >= 4 is 40.7 Å². The van der Waals surface area contributed by atoms with Gasteiger partial charge in [-0.15, -0.1) is 0 Å². The molecule has 0 bridgehead atoms. The number of esters is 1. The number of aryl methyl sites for hydroxylation is 2. The van der Waals surface area contributed by atoms with Gasteiger partial charge in [0.15, 0.2) is 6.61 Å². The lowest BCUT2D eigenvalue weighted by atomic mass is 10.2. The van der Waals surface area contributed by atoms with Crippen LogP contribution in [0, 0.1) is 24.5 Å². The molecule has 1 aromatic carbocycles. The van der Waals surface area contributed by atoms with Gasteiger partial charge in [-0.1, -0.05) is 11.3 Å². The zero-order chi connectivity index (χ0) is 18.4. The van der Waals surface area contributed by atoms with Gasteiger partial charge in [0.05, 0.1) is 0 Å². The van der Waals surface area contributed by atoms with Crippen molar-refractivity contribution < 1.29 is 14.3 Å². The number of thiazole rings is 1. The van der Waals surface area contributed by atoms with Crippen LogP contribution in [0.3, 0.4) is 0 Å². The molecule has 2 aromatic rings. The maximum Gasteiger partial charge on any atom is 0.326 e. The van der Waals surface area contributed by atoms with E-state index in [9.17, 15) is 14.4 Å². The van der Waals surface area contributed by atoms with Crippen LogP contribution in [0.25, 0.3) is 0 Å². The highest BCUT2D eigenvalue weighted by molar-refractivity contribution is 8.03. The van der Waals surface area contributed by atoms with E-state index in [-0.39, 0.29) is 11.4 Å². The number of ether oxygens (including phenoxy) is 1. The quantitative estimate of drug-likeness (QED) is 0.471. The van der Waals surface area contributed by atoms with Gasteiger partial charge in [-0.3, -0.25) is 19.0 Å². The van der Waals surface area contributed by atoms with Gasteiger partial charge < -0.3 is 10.1 Å². The van der Waals surface area contributed by atoms with Crippen LogP contribution in [-0.4, -0.2) is 23.1 Å². The van der Waals surface area contributed by atoms with Crippen molar-refractivity contribution in [1.29, 1.82) is 5.26 Å². The summed E-state index contributed by atoms with van der Waals surface area (Å²) in [5, 5.41) is 14.9. The molecule has 1 aromatic heterocycles. The van der Waals surface area contributed by atoms with Crippen LogP contribution >= 0.6 is 23.1 Å². The molecule has 0 unspecified atom stereocenters. The summed E-state index contributed by atoms with van der Waals surface area (Å²) in [5.41, 5.74) is 2.04. The van der Waals surface area contributed by atoms with E-state index in [2.05, 4.69) is 5.32 Å². The largest absolute Gasteiger partial charge is 0.454 e. The number of benzene rings is 1. The molecule has 0 spiro atoms. The predicted molar refractivity (Wildman–Crippen MR) is 95.6 cm³/mol. The monoisotopic (exact) mass is 377 g/mol. The van der Waals surface area contributed by atoms with Gasteiger partial charge in [-0.2, -0.15) is 5.26 Å². The first-order valence-electron chi connectivity index (χ1n) is 7.17. The van der Waals surface area contributed by atoms with E-state index in [1.807, 2.05) is 5.40 Å². The summed E-state index contributed by atoms with van der Waals surface area (Å²) >= 11 is 2.04. The highest BCUT2D eigenvalue weighted by Gasteiger charge is 2.12. The molecule has 0 aliphatic heterocycles. The van der Waals surface area contributed by atoms with Crippen LogP contribution in [0.4, 0.5) is 5.69 Å². The first-order valence-corrected chi connectivity index (χ1v) is 8.87. The zero-order valence-corrected chi connectivity index (χ0v) is 15.2. The summed E-state index contributed by atoms with van der Waals surface area (Å²) < 4.78 is 6.20. The van der Waals surface area contributed by atoms with Gasteiger partial charge in [0.1, 0.15) is 11.9 Å². The number of aromatic nitrogens is 1. The molecule has 0 saturated heterocycles. The lowest BCUT2D eigenvalue weighted by Gasteiger charge is -2.10. The van der Waals surface area contributed by atoms with Crippen LogP contribution in [0.1, 0.15) is 11.3 Å². The normalized spacial score (nSPS) is 10.1. The third-order valence-electron chi connectivity index (χ3n) is 3.26. The number of thiocyanates is 1. The molecule has 25 heavy (non-hydrogen) atoms. The topological polar surface area (TPSA) is 101 Å².